The van der Waals surface area contributed by atoms with E-state index in [4.69, 9.17) is 17.3 Å². The van der Waals surface area contributed by atoms with Crippen LogP contribution in [0.1, 0.15) is 50.4 Å². The molecule has 0 saturated heterocycles. The minimum Gasteiger partial charge on any atom is -0.382 e. The number of hydrogen-bond donors (Lipinski definition) is 2. The first-order valence-electron chi connectivity index (χ1n) is 6.62. The lowest BCUT2D eigenvalue weighted by Crippen LogP contribution is -2.32. The third kappa shape index (κ3) is 5.47. The first-order valence-corrected chi connectivity index (χ1v) is 6.99. The van der Waals surface area contributed by atoms with Crippen LogP contribution in [0.25, 0.3) is 0 Å². The highest BCUT2D eigenvalue weighted by Crippen LogP contribution is 2.17. The van der Waals surface area contributed by atoms with Crippen LogP contribution in [0.15, 0.2) is 12.3 Å². The average molecular weight is 284 g/mol. The Morgan fingerprint density at radius 2 is 2.11 bits per heavy atom. The van der Waals surface area contributed by atoms with E-state index in [1.807, 2.05) is 6.92 Å². The molecule has 0 aliphatic carbocycles. The molecule has 106 valence electrons. The molecule has 1 amide bonds. The molecule has 0 saturated carbocycles. The molecule has 3 N–H and O–H groups in total. The number of carbonyl (C=O) groups is 1. The van der Waals surface area contributed by atoms with Crippen molar-refractivity contribution in [2.45, 2.75) is 46.1 Å². The van der Waals surface area contributed by atoms with Gasteiger partial charge in [0.2, 0.25) is 0 Å². The summed E-state index contributed by atoms with van der Waals surface area (Å²) in [7, 11) is 0. The van der Waals surface area contributed by atoms with Crippen molar-refractivity contribution in [3.63, 3.8) is 0 Å². The smallest absolute Gasteiger partial charge is 0.253 e. The number of halogens is 1. The highest BCUT2D eigenvalue weighted by Gasteiger charge is 2.11. The van der Waals surface area contributed by atoms with Gasteiger partial charge in [0.05, 0.1) is 10.6 Å². The molecule has 5 heteroatoms. The number of nitrogens with two attached hydrogens (primary N) is 1. The minimum absolute atomic E-state index is 0.141. The summed E-state index contributed by atoms with van der Waals surface area (Å²) >= 11 is 5.85. The lowest BCUT2D eigenvalue weighted by atomic mass is 10.0. The molecule has 0 bridgehead atoms. The zero-order valence-corrected chi connectivity index (χ0v) is 12.5. The molecule has 1 heterocycles. The van der Waals surface area contributed by atoms with Crippen molar-refractivity contribution in [1.29, 1.82) is 0 Å². The van der Waals surface area contributed by atoms with Crippen molar-refractivity contribution in [2.24, 2.45) is 5.92 Å². The van der Waals surface area contributed by atoms with Gasteiger partial charge >= 0.3 is 0 Å². The third-order valence-electron chi connectivity index (χ3n) is 2.93. The summed E-state index contributed by atoms with van der Waals surface area (Å²) in [6, 6.07) is 1.68. The molecule has 1 aromatic rings. The highest BCUT2D eigenvalue weighted by atomic mass is 35.5. The Morgan fingerprint density at radius 3 is 2.68 bits per heavy atom. The normalized spacial score (nSPS) is 12.5. The fourth-order valence-corrected chi connectivity index (χ4v) is 1.95. The topological polar surface area (TPSA) is 68.0 Å². The van der Waals surface area contributed by atoms with Crippen LogP contribution in [0, 0.1) is 5.92 Å². The number of nitrogens with zero attached hydrogens (tertiary/aromatic N) is 1. The number of carbonyl (C=O) groups excluding carboxylic acids is 1. The van der Waals surface area contributed by atoms with Crippen LogP contribution in [-0.4, -0.2) is 16.9 Å². The van der Waals surface area contributed by atoms with E-state index >= 15 is 0 Å². The summed E-state index contributed by atoms with van der Waals surface area (Å²) in [6.07, 6.45) is 4.70. The molecule has 0 spiro atoms. The Labute approximate surface area is 119 Å². The molecular weight excluding hydrogens is 262 g/mol. The predicted molar refractivity (Wildman–Crippen MR) is 79.3 cm³/mol. The van der Waals surface area contributed by atoms with Gasteiger partial charge in [-0.1, -0.05) is 38.3 Å². The fraction of sp³-hybridized carbons (Fsp3) is 0.571. The quantitative estimate of drug-likeness (QED) is 0.842. The average Bonchev–Trinajstić information content (AvgIpc) is 2.32. The summed E-state index contributed by atoms with van der Waals surface area (Å²) < 4.78 is 0. The minimum atomic E-state index is -0.161. The number of aromatic nitrogens is 1. The largest absolute Gasteiger partial charge is 0.382 e. The summed E-state index contributed by atoms with van der Waals surface area (Å²) in [5, 5.41) is 3.24. The molecule has 1 aromatic heterocycles. The second-order valence-electron chi connectivity index (χ2n) is 5.29. The van der Waals surface area contributed by atoms with Crippen LogP contribution in [0.4, 0.5) is 5.82 Å². The number of nitrogen functional groups attached to an aromatic ring is 1. The summed E-state index contributed by atoms with van der Waals surface area (Å²) in [5.41, 5.74) is 5.95. The van der Waals surface area contributed by atoms with Gasteiger partial charge in [-0.3, -0.25) is 4.79 Å². The maximum absolute atomic E-state index is 12.0. The van der Waals surface area contributed by atoms with Gasteiger partial charge < -0.3 is 11.1 Å². The zero-order chi connectivity index (χ0) is 14.4. The molecule has 0 fully saturated rings. The summed E-state index contributed by atoms with van der Waals surface area (Å²) in [6.45, 7) is 6.40. The number of anilines is 1. The first kappa shape index (κ1) is 15.8. The van der Waals surface area contributed by atoms with Crippen LogP contribution in [0.2, 0.25) is 5.02 Å². The van der Waals surface area contributed by atoms with E-state index in [0.29, 0.717) is 16.5 Å². The molecule has 1 atom stereocenters. The lowest BCUT2D eigenvalue weighted by Gasteiger charge is -2.14. The molecule has 19 heavy (non-hydrogen) atoms. The molecular formula is C14H22ClN3O. The summed E-state index contributed by atoms with van der Waals surface area (Å²) in [4.78, 5) is 15.8. The molecule has 0 aliphatic heterocycles. The van der Waals surface area contributed by atoms with Gasteiger partial charge in [0.25, 0.3) is 5.91 Å². The number of hydrogen-bond acceptors (Lipinski definition) is 3. The van der Waals surface area contributed by atoms with Gasteiger partial charge in [-0.2, -0.15) is 0 Å². The van der Waals surface area contributed by atoms with Gasteiger partial charge in [0.15, 0.2) is 0 Å². The molecule has 0 aromatic carbocycles. The maximum Gasteiger partial charge on any atom is 0.253 e. The van der Waals surface area contributed by atoms with Gasteiger partial charge in [0, 0.05) is 12.2 Å². The van der Waals surface area contributed by atoms with Crippen LogP contribution in [0.3, 0.4) is 0 Å². The Hall–Kier alpha value is -1.29. The number of amides is 1. The molecule has 1 unspecified atom stereocenters. The first-order chi connectivity index (χ1) is 8.90. The Balaban J connectivity index is 2.47. The van der Waals surface area contributed by atoms with Crippen molar-refractivity contribution in [1.82, 2.24) is 10.3 Å². The van der Waals surface area contributed by atoms with Gasteiger partial charge in [0.1, 0.15) is 5.82 Å². The number of rotatable bonds is 6. The van der Waals surface area contributed by atoms with Gasteiger partial charge in [-0.15, -0.1) is 0 Å². The van der Waals surface area contributed by atoms with Crippen LogP contribution >= 0.6 is 11.6 Å². The third-order valence-corrected chi connectivity index (χ3v) is 3.23. The number of nitrogens with one attached hydrogen (secondary N) is 1. The van der Waals surface area contributed by atoms with Crippen LogP contribution in [0.5, 0.6) is 0 Å². The van der Waals surface area contributed by atoms with Crippen LogP contribution < -0.4 is 11.1 Å². The molecule has 4 nitrogen and oxygen atoms in total. The Kier molecular flexibility index (Phi) is 6.09. The lowest BCUT2D eigenvalue weighted by molar-refractivity contribution is 0.0937. The van der Waals surface area contributed by atoms with E-state index in [1.165, 1.54) is 12.6 Å². The Morgan fingerprint density at radius 1 is 1.42 bits per heavy atom. The zero-order valence-electron chi connectivity index (χ0n) is 11.7. The SMILES string of the molecule is CC(C)CCCC(C)NC(=O)c1cnc(N)c(Cl)c1. The van der Waals surface area contributed by atoms with Crippen molar-refractivity contribution in [3.8, 4) is 0 Å². The van der Waals surface area contributed by atoms with Gasteiger partial charge in [-0.05, 0) is 25.3 Å². The molecule has 0 aliphatic rings. The van der Waals surface area contributed by atoms with E-state index in [2.05, 4.69) is 24.1 Å². The van der Waals surface area contributed by atoms with E-state index < -0.39 is 0 Å². The monoisotopic (exact) mass is 283 g/mol. The van der Waals surface area contributed by atoms with Crippen molar-refractivity contribution in [2.75, 3.05) is 5.73 Å². The fourth-order valence-electron chi connectivity index (χ4n) is 1.78. The Bertz CT molecular complexity index is 435. The van der Waals surface area contributed by atoms with Crippen LogP contribution in [-0.2, 0) is 0 Å². The second kappa shape index (κ2) is 7.34. The predicted octanol–water partition coefficient (Wildman–Crippen LogP) is 3.26. The van der Waals surface area contributed by atoms with Crippen molar-refractivity contribution >= 4 is 23.3 Å². The molecule has 0 radical (unpaired) electrons. The summed E-state index contributed by atoms with van der Waals surface area (Å²) in [5.74, 6) is 0.776. The van der Waals surface area contributed by atoms with E-state index in [9.17, 15) is 4.79 Å². The van der Waals surface area contributed by atoms with E-state index in [-0.39, 0.29) is 17.8 Å². The number of pyridine rings is 1. The van der Waals surface area contributed by atoms with E-state index in [0.717, 1.165) is 12.8 Å². The van der Waals surface area contributed by atoms with Gasteiger partial charge in [-0.25, -0.2) is 4.98 Å². The maximum atomic E-state index is 12.0. The standard InChI is InChI=1S/C14H22ClN3O/c1-9(2)5-4-6-10(3)18-14(19)11-7-12(15)13(16)17-8-11/h7-10H,4-6H2,1-3H3,(H2,16,17)(H,18,19). The van der Waals surface area contributed by atoms with Crippen molar-refractivity contribution in [3.05, 3.63) is 22.8 Å². The second-order valence-corrected chi connectivity index (χ2v) is 5.70. The highest BCUT2D eigenvalue weighted by molar-refractivity contribution is 6.33. The van der Waals surface area contributed by atoms with E-state index in [1.54, 1.807) is 6.07 Å². The van der Waals surface area contributed by atoms with Crippen molar-refractivity contribution < 1.29 is 4.79 Å². The molecule has 1 rings (SSSR count).